The number of carbonyl (C=O) groups excluding carboxylic acids is 1. The van der Waals surface area contributed by atoms with Gasteiger partial charge < -0.3 is 20.5 Å². The van der Waals surface area contributed by atoms with Gasteiger partial charge >= 0.3 is 0 Å². The molecule has 1 rings (SSSR count). The van der Waals surface area contributed by atoms with Crippen molar-refractivity contribution >= 4 is 5.91 Å². The number of nitrogens with two attached hydrogens (primary N) is 1. The molecule has 0 spiro atoms. The molecule has 0 aromatic rings. The predicted octanol–water partition coefficient (Wildman–Crippen LogP) is -1.05. The number of amides is 1. The Morgan fingerprint density at radius 2 is 2.14 bits per heavy atom. The summed E-state index contributed by atoms with van der Waals surface area (Å²) in [4.78, 5) is 13.2. The summed E-state index contributed by atoms with van der Waals surface area (Å²) >= 11 is 0. The third-order valence-corrected chi connectivity index (χ3v) is 2.30. The first-order valence-electron chi connectivity index (χ1n) is 4.97. The first-order valence-corrected chi connectivity index (χ1v) is 4.97. The van der Waals surface area contributed by atoms with Gasteiger partial charge in [-0.1, -0.05) is 0 Å². The molecule has 0 aromatic heterocycles. The molecule has 14 heavy (non-hydrogen) atoms. The van der Waals surface area contributed by atoms with Gasteiger partial charge in [-0.2, -0.15) is 0 Å². The van der Waals surface area contributed by atoms with Gasteiger partial charge in [-0.3, -0.25) is 4.79 Å². The fourth-order valence-electron chi connectivity index (χ4n) is 1.45. The van der Waals surface area contributed by atoms with E-state index in [1.165, 1.54) is 0 Å². The van der Waals surface area contributed by atoms with Gasteiger partial charge in [0.2, 0.25) is 5.91 Å². The van der Waals surface area contributed by atoms with E-state index < -0.39 is 0 Å². The van der Waals surface area contributed by atoms with E-state index in [1.807, 2.05) is 0 Å². The zero-order valence-electron chi connectivity index (χ0n) is 8.32. The Morgan fingerprint density at radius 3 is 2.71 bits per heavy atom. The van der Waals surface area contributed by atoms with Gasteiger partial charge in [0.15, 0.2) is 0 Å². The summed E-state index contributed by atoms with van der Waals surface area (Å²) in [5, 5.41) is 9.24. The molecule has 1 aliphatic rings. The number of aliphatic hydroxyl groups excluding tert-OH is 1. The van der Waals surface area contributed by atoms with E-state index in [-0.39, 0.29) is 18.6 Å². The number of piperidine rings is 1. The number of carbonyl (C=O) groups is 1. The Balaban J connectivity index is 2.17. The molecule has 0 unspecified atom stereocenters. The first-order chi connectivity index (χ1) is 6.74. The van der Waals surface area contributed by atoms with Crippen LogP contribution >= 0.6 is 0 Å². The molecule has 1 aliphatic heterocycles. The van der Waals surface area contributed by atoms with Crippen molar-refractivity contribution < 1.29 is 14.6 Å². The zero-order chi connectivity index (χ0) is 10.4. The highest BCUT2D eigenvalue weighted by atomic mass is 16.5. The average Bonchev–Trinajstić information content (AvgIpc) is 2.19. The van der Waals surface area contributed by atoms with Gasteiger partial charge in [-0.05, 0) is 12.8 Å². The van der Waals surface area contributed by atoms with E-state index in [4.69, 9.17) is 10.5 Å². The molecule has 0 aromatic carbocycles. The van der Waals surface area contributed by atoms with Crippen LogP contribution in [0.2, 0.25) is 0 Å². The fraction of sp³-hybridized carbons (Fsp3) is 0.889. The van der Waals surface area contributed by atoms with E-state index in [0.29, 0.717) is 39.1 Å². The average molecular weight is 202 g/mol. The van der Waals surface area contributed by atoms with E-state index >= 15 is 0 Å². The van der Waals surface area contributed by atoms with Gasteiger partial charge in [0.1, 0.15) is 6.61 Å². The van der Waals surface area contributed by atoms with Gasteiger partial charge in [-0.25, -0.2) is 0 Å². The van der Waals surface area contributed by atoms with Crippen molar-refractivity contribution in [3.05, 3.63) is 0 Å². The molecule has 5 heteroatoms. The van der Waals surface area contributed by atoms with Crippen molar-refractivity contribution in [1.82, 2.24) is 4.90 Å². The summed E-state index contributed by atoms with van der Waals surface area (Å²) in [5.41, 5.74) is 5.23. The van der Waals surface area contributed by atoms with Crippen LogP contribution in [0.3, 0.4) is 0 Å². The summed E-state index contributed by atoms with van der Waals surface area (Å²) in [6, 6.07) is 0. The molecule has 1 fully saturated rings. The highest BCUT2D eigenvalue weighted by Gasteiger charge is 2.20. The summed E-state index contributed by atoms with van der Waals surface area (Å²) in [6.07, 6.45) is 1.09. The van der Waals surface area contributed by atoms with Crippen molar-refractivity contribution in [3.63, 3.8) is 0 Å². The molecular formula is C9H18N2O3. The van der Waals surface area contributed by atoms with Crippen LogP contribution in [0.25, 0.3) is 0 Å². The van der Waals surface area contributed by atoms with Crippen LogP contribution in [-0.2, 0) is 9.53 Å². The second-order valence-corrected chi connectivity index (χ2v) is 3.45. The lowest BCUT2D eigenvalue weighted by Gasteiger charge is -2.29. The van der Waals surface area contributed by atoms with Crippen molar-refractivity contribution in [2.45, 2.75) is 18.9 Å². The molecular weight excluding hydrogens is 184 g/mol. The van der Waals surface area contributed by atoms with Gasteiger partial charge in [0, 0.05) is 19.6 Å². The van der Waals surface area contributed by atoms with E-state index in [2.05, 4.69) is 0 Å². The minimum absolute atomic E-state index is 0.00894. The summed E-state index contributed by atoms with van der Waals surface area (Å²) in [5.74, 6) is -0.00894. The number of aliphatic hydroxyl groups is 1. The van der Waals surface area contributed by atoms with Gasteiger partial charge in [0.05, 0.1) is 12.7 Å². The number of hydrogen-bond donors (Lipinski definition) is 2. The maximum absolute atomic E-state index is 11.5. The quantitative estimate of drug-likeness (QED) is 0.570. The third kappa shape index (κ3) is 3.61. The highest BCUT2D eigenvalue weighted by molar-refractivity contribution is 5.77. The van der Waals surface area contributed by atoms with Gasteiger partial charge in [-0.15, -0.1) is 0 Å². The normalized spacial score (nSPS) is 18.6. The van der Waals surface area contributed by atoms with Gasteiger partial charge in [0.25, 0.3) is 0 Å². The van der Waals surface area contributed by atoms with Crippen LogP contribution in [-0.4, -0.2) is 54.9 Å². The summed E-state index contributed by atoms with van der Waals surface area (Å²) in [7, 11) is 0. The highest BCUT2D eigenvalue weighted by Crippen LogP contribution is 2.09. The first kappa shape index (κ1) is 11.4. The molecule has 82 valence electrons. The van der Waals surface area contributed by atoms with Crippen LogP contribution < -0.4 is 5.73 Å². The molecule has 1 amide bonds. The molecule has 1 heterocycles. The monoisotopic (exact) mass is 202 g/mol. The van der Waals surface area contributed by atoms with E-state index in [1.54, 1.807) is 4.90 Å². The maximum atomic E-state index is 11.5. The summed E-state index contributed by atoms with van der Waals surface area (Å²) < 4.78 is 5.05. The zero-order valence-corrected chi connectivity index (χ0v) is 8.32. The molecule has 5 nitrogen and oxygen atoms in total. The Morgan fingerprint density at radius 1 is 1.50 bits per heavy atom. The number of ether oxygens (including phenoxy) is 1. The third-order valence-electron chi connectivity index (χ3n) is 2.30. The van der Waals surface area contributed by atoms with Crippen molar-refractivity contribution in [2.75, 3.05) is 32.8 Å². The number of likely N-dealkylation sites (tertiary alicyclic amines) is 1. The van der Waals surface area contributed by atoms with Crippen molar-refractivity contribution in [3.8, 4) is 0 Å². The van der Waals surface area contributed by atoms with Crippen molar-refractivity contribution in [2.24, 2.45) is 5.73 Å². The molecule has 1 saturated heterocycles. The largest absolute Gasteiger partial charge is 0.393 e. The van der Waals surface area contributed by atoms with Crippen LogP contribution in [0.1, 0.15) is 12.8 Å². The molecule has 0 atom stereocenters. The lowest BCUT2D eigenvalue weighted by molar-refractivity contribution is -0.138. The minimum Gasteiger partial charge on any atom is -0.393 e. The van der Waals surface area contributed by atoms with Crippen LogP contribution in [0, 0.1) is 0 Å². The topological polar surface area (TPSA) is 75.8 Å². The number of rotatable bonds is 4. The Hall–Kier alpha value is -0.650. The lowest BCUT2D eigenvalue weighted by Crippen LogP contribution is -2.42. The standard InChI is InChI=1S/C9H18N2O3/c10-3-6-14-7-9(13)11-4-1-8(12)2-5-11/h8,12H,1-7,10H2. The Labute approximate surface area is 83.8 Å². The molecule has 0 aliphatic carbocycles. The maximum Gasteiger partial charge on any atom is 0.248 e. The molecule has 3 N–H and O–H groups in total. The fourth-order valence-corrected chi connectivity index (χ4v) is 1.45. The smallest absolute Gasteiger partial charge is 0.248 e. The number of hydrogen-bond acceptors (Lipinski definition) is 4. The van der Waals surface area contributed by atoms with E-state index in [9.17, 15) is 9.90 Å². The van der Waals surface area contributed by atoms with E-state index in [0.717, 1.165) is 0 Å². The Bertz CT molecular complexity index is 179. The number of nitrogens with zero attached hydrogens (tertiary/aromatic N) is 1. The van der Waals surface area contributed by atoms with Crippen molar-refractivity contribution in [1.29, 1.82) is 0 Å². The Kier molecular flexibility index (Phi) is 4.86. The molecule has 0 radical (unpaired) electrons. The second kappa shape index (κ2) is 5.95. The SMILES string of the molecule is NCCOCC(=O)N1CCC(O)CC1. The lowest BCUT2D eigenvalue weighted by atomic mass is 10.1. The summed E-state index contributed by atoms with van der Waals surface area (Å²) in [6.45, 7) is 2.22. The molecule has 0 bridgehead atoms. The second-order valence-electron chi connectivity index (χ2n) is 3.45. The van der Waals surface area contributed by atoms with Crippen LogP contribution in [0.5, 0.6) is 0 Å². The molecule has 0 saturated carbocycles. The predicted molar refractivity (Wildman–Crippen MR) is 51.7 cm³/mol. The minimum atomic E-state index is -0.246. The van der Waals surface area contributed by atoms with Crippen LogP contribution in [0.4, 0.5) is 0 Å². The van der Waals surface area contributed by atoms with Crippen LogP contribution in [0.15, 0.2) is 0 Å².